The van der Waals surface area contributed by atoms with Crippen molar-refractivity contribution in [1.82, 2.24) is 9.97 Å². The molecule has 1 aromatic rings. The van der Waals surface area contributed by atoms with Crippen LogP contribution in [-0.4, -0.2) is 15.1 Å². The highest BCUT2D eigenvalue weighted by Crippen LogP contribution is 2.28. The number of rotatable bonds is 3. The number of hydrogen-bond acceptors (Lipinski definition) is 4. The quantitative estimate of drug-likeness (QED) is 0.748. The summed E-state index contributed by atoms with van der Waals surface area (Å²) in [5.41, 5.74) is 6.27. The molecule has 0 atom stereocenters. The Morgan fingerprint density at radius 1 is 1.50 bits per heavy atom. The van der Waals surface area contributed by atoms with Gasteiger partial charge < -0.3 is 10.8 Å². The van der Waals surface area contributed by atoms with Crippen LogP contribution in [0.2, 0.25) is 0 Å². The molecule has 0 aliphatic heterocycles. The first-order valence-electron chi connectivity index (χ1n) is 5.00. The van der Waals surface area contributed by atoms with E-state index in [4.69, 9.17) is 10.8 Å². The topological polar surface area (TPSA) is 72.0 Å². The zero-order valence-electron chi connectivity index (χ0n) is 8.11. The molecular weight excluding hydrogens is 178 g/mol. The third-order valence-corrected chi connectivity index (χ3v) is 2.81. The molecule has 1 fully saturated rings. The number of aliphatic hydroxyl groups excluding tert-OH is 1. The van der Waals surface area contributed by atoms with Crippen molar-refractivity contribution in [2.45, 2.75) is 32.3 Å². The zero-order chi connectivity index (χ0) is 9.97. The Balaban J connectivity index is 2.07. The molecule has 1 aliphatic carbocycles. The first-order valence-corrected chi connectivity index (χ1v) is 5.00. The molecule has 1 heterocycles. The van der Waals surface area contributed by atoms with Gasteiger partial charge in [-0.3, -0.25) is 0 Å². The van der Waals surface area contributed by atoms with Crippen LogP contribution < -0.4 is 5.73 Å². The van der Waals surface area contributed by atoms with Gasteiger partial charge in [0.2, 0.25) is 0 Å². The van der Waals surface area contributed by atoms with Gasteiger partial charge in [-0.15, -0.1) is 0 Å². The molecule has 0 bridgehead atoms. The molecule has 2 rings (SSSR count). The lowest BCUT2D eigenvalue weighted by Gasteiger charge is -2.24. The van der Waals surface area contributed by atoms with Crippen LogP contribution in [0.15, 0.2) is 6.20 Å². The van der Waals surface area contributed by atoms with E-state index in [1.165, 1.54) is 19.3 Å². The predicted molar refractivity (Wildman–Crippen MR) is 53.4 cm³/mol. The smallest absolute Gasteiger partial charge is 0.132 e. The van der Waals surface area contributed by atoms with Crippen LogP contribution in [-0.2, 0) is 13.0 Å². The second kappa shape index (κ2) is 3.92. The maximum atomic E-state index is 8.89. The molecule has 0 unspecified atom stereocenters. The third-order valence-electron chi connectivity index (χ3n) is 2.81. The van der Waals surface area contributed by atoms with Gasteiger partial charge >= 0.3 is 0 Å². The molecule has 0 aromatic carbocycles. The molecule has 0 amide bonds. The Kier molecular flexibility index (Phi) is 2.63. The number of anilines is 1. The summed E-state index contributed by atoms with van der Waals surface area (Å²) in [7, 11) is 0. The molecule has 1 aromatic heterocycles. The van der Waals surface area contributed by atoms with Crippen molar-refractivity contribution in [2.24, 2.45) is 5.92 Å². The summed E-state index contributed by atoms with van der Waals surface area (Å²) in [5.74, 6) is 1.97. The SMILES string of the molecule is Nc1nc(CC2CCC2)ncc1CO. The van der Waals surface area contributed by atoms with Gasteiger partial charge in [-0.25, -0.2) is 9.97 Å². The second-order valence-corrected chi connectivity index (χ2v) is 3.86. The van der Waals surface area contributed by atoms with E-state index in [2.05, 4.69) is 9.97 Å². The molecule has 4 nitrogen and oxygen atoms in total. The summed E-state index contributed by atoms with van der Waals surface area (Å²) in [6.45, 7) is -0.0878. The number of aliphatic hydroxyl groups is 1. The van der Waals surface area contributed by atoms with Gasteiger partial charge in [-0.1, -0.05) is 19.3 Å². The van der Waals surface area contributed by atoms with Crippen LogP contribution in [0, 0.1) is 5.92 Å². The molecular formula is C10H15N3O. The first kappa shape index (κ1) is 9.40. The van der Waals surface area contributed by atoms with Crippen molar-refractivity contribution in [3.63, 3.8) is 0 Å². The fourth-order valence-electron chi connectivity index (χ4n) is 1.63. The molecule has 0 radical (unpaired) electrons. The maximum absolute atomic E-state index is 8.89. The molecule has 14 heavy (non-hydrogen) atoms. The first-order chi connectivity index (χ1) is 6.79. The molecule has 1 saturated carbocycles. The van der Waals surface area contributed by atoms with Crippen molar-refractivity contribution in [1.29, 1.82) is 0 Å². The summed E-state index contributed by atoms with van der Waals surface area (Å²) in [4.78, 5) is 8.35. The van der Waals surface area contributed by atoms with Gasteiger partial charge in [0.15, 0.2) is 0 Å². The van der Waals surface area contributed by atoms with E-state index in [9.17, 15) is 0 Å². The highest BCUT2D eigenvalue weighted by molar-refractivity contribution is 5.36. The lowest BCUT2D eigenvalue weighted by Crippen LogP contribution is -2.16. The van der Waals surface area contributed by atoms with Crippen LogP contribution in [0.3, 0.4) is 0 Å². The van der Waals surface area contributed by atoms with Crippen molar-refractivity contribution in [3.05, 3.63) is 17.6 Å². The fourth-order valence-corrected chi connectivity index (χ4v) is 1.63. The monoisotopic (exact) mass is 193 g/mol. The average molecular weight is 193 g/mol. The van der Waals surface area contributed by atoms with E-state index in [1.54, 1.807) is 6.20 Å². The highest BCUT2D eigenvalue weighted by Gasteiger charge is 2.19. The van der Waals surface area contributed by atoms with Gasteiger partial charge in [-0.2, -0.15) is 0 Å². The van der Waals surface area contributed by atoms with E-state index in [0.29, 0.717) is 11.4 Å². The Morgan fingerprint density at radius 2 is 2.29 bits per heavy atom. The van der Waals surface area contributed by atoms with Crippen LogP contribution in [0.4, 0.5) is 5.82 Å². The summed E-state index contributed by atoms with van der Waals surface area (Å²) >= 11 is 0. The summed E-state index contributed by atoms with van der Waals surface area (Å²) in [6.07, 6.45) is 6.44. The standard InChI is InChI=1S/C10H15N3O/c11-10-8(6-14)5-12-9(13-10)4-7-2-1-3-7/h5,7,14H,1-4,6H2,(H2,11,12,13). The fraction of sp³-hybridized carbons (Fsp3) is 0.600. The number of nitrogen functional groups attached to an aromatic ring is 1. The Morgan fingerprint density at radius 3 is 2.79 bits per heavy atom. The normalized spacial score (nSPS) is 16.6. The van der Waals surface area contributed by atoms with Gasteiger partial charge in [0.1, 0.15) is 11.6 Å². The second-order valence-electron chi connectivity index (χ2n) is 3.86. The van der Waals surface area contributed by atoms with E-state index in [-0.39, 0.29) is 6.61 Å². The Labute approximate surface area is 83.2 Å². The van der Waals surface area contributed by atoms with E-state index >= 15 is 0 Å². The molecule has 0 spiro atoms. The van der Waals surface area contributed by atoms with Crippen LogP contribution >= 0.6 is 0 Å². The summed E-state index contributed by atoms with van der Waals surface area (Å²) in [5, 5.41) is 8.89. The van der Waals surface area contributed by atoms with E-state index in [1.807, 2.05) is 0 Å². The number of nitrogens with zero attached hydrogens (tertiary/aromatic N) is 2. The number of hydrogen-bond donors (Lipinski definition) is 2. The van der Waals surface area contributed by atoms with Crippen molar-refractivity contribution >= 4 is 5.82 Å². The molecule has 4 heteroatoms. The van der Waals surface area contributed by atoms with E-state index < -0.39 is 0 Å². The Bertz CT molecular complexity index is 323. The van der Waals surface area contributed by atoms with Crippen molar-refractivity contribution < 1.29 is 5.11 Å². The third kappa shape index (κ3) is 1.85. The minimum absolute atomic E-state index is 0.0878. The van der Waals surface area contributed by atoms with Crippen LogP contribution in [0.5, 0.6) is 0 Å². The lowest BCUT2D eigenvalue weighted by atomic mass is 9.83. The molecule has 3 N–H and O–H groups in total. The predicted octanol–water partition coefficient (Wildman–Crippen LogP) is 0.894. The van der Waals surface area contributed by atoms with Crippen LogP contribution in [0.1, 0.15) is 30.7 Å². The molecule has 0 saturated heterocycles. The zero-order valence-corrected chi connectivity index (χ0v) is 8.11. The highest BCUT2D eigenvalue weighted by atomic mass is 16.3. The van der Waals surface area contributed by atoms with Gasteiger partial charge in [0, 0.05) is 18.2 Å². The maximum Gasteiger partial charge on any atom is 0.132 e. The minimum Gasteiger partial charge on any atom is -0.391 e. The number of aromatic nitrogens is 2. The van der Waals surface area contributed by atoms with Gasteiger partial charge in [0.05, 0.1) is 6.61 Å². The van der Waals surface area contributed by atoms with Crippen LogP contribution in [0.25, 0.3) is 0 Å². The Hall–Kier alpha value is -1.16. The molecule has 76 valence electrons. The summed E-state index contributed by atoms with van der Waals surface area (Å²) < 4.78 is 0. The number of nitrogens with two attached hydrogens (primary N) is 1. The van der Waals surface area contributed by atoms with Crippen molar-refractivity contribution in [3.8, 4) is 0 Å². The summed E-state index contributed by atoms with van der Waals surface area (Å²) in [6, 6.07) is 0. The minimum atomic E-state index is -0.0878. The van der Waals surface area contributed by atoms with Gasteiger partial charge in [0.25, 0.3) is 0 Å². The molecule has 1 aliphatic rings. The van der Waals surface area contributed by atoms with Crippen molar-refractivity contribution in [2.75, 3.05) is 5.73 Å². The largest absolute Gasteiger partial charge is 0.391 e. The van der Waals surface area contributed by atoms with Gasteiger partial charge in [-0.05, 0) is 5.92 Å². The lowest BCUT2D eigenvalue weighted by molar-refractivity contribution is 0.281. The van der Waals surface area contributed by atoms with E-state index in [0.717, 1.165) is 18.2 Å². The average Bonchev–Trinajstić information content (AvgIpc) is 2.12.